The van der Waals surface area contributed by atoms with Gasteiger partial charge in [-0.15, -0.1) is 50.5 Å². The summed E-state index contributed by atoms with van der Waals surface area (Å²) in [6.45, 7) is 37.7. The normalized spacial score (nSPS) is 19.1. The highest BCUT2D eigenvalue weighted by molar-refractivity contribution is 14.1. The van der Waals surface area contributed by atoms with Crippen LogP contribution in [0.3, 0.4) is 0 Å². The highest BCUT2D eigenvalue weighted by Crippen LogP contribution is 2.42. The van der Waals surface area contributed by atoms with Crippen LogP contribution in [0.1, 0.15) is 283 Å². The fourth-order valence-electron chi connectivity index (χ4n) is 18.0. The first-order chi connectivity index (χ1) is 67.7. The van der Waals surface area contributed by atoms with Crippen molar-refractivity contribution in [2.45, 2.75) is 244 Å². The third-order valence-electron chi connectivity index (χ3n) is 24.9. The molecule has 8 amide bonds. The summed E-state index contributed by atoms with van der Waals surface area (Å²) in [5.41, 5.74) is 28.4. The number of halogens is 6. The molecule has 7 aliphatic rings. The lowest BCUT2D eigenvalue weighted by atomic mass is 10.1. The highest BCUT2D eigenvalue weighted by atomic mass is 127. The lowest BCUT2D eigenvalue weighted by Crippen LogP contribution is -2.39. The second-order valence-corrected chi connectivity index (χ2v) is 38.8. The Labute approximate surface area is 899 Å². The number of rotatable bonds is 19. The van der Waals surface area contributed by atoms with Crippen LogP contribution in [0, 0.1) is 87.8 Å². The number of carbonyl (C=O) groups excluding carboxylic acids is 9. The molecule has 0 bridgehead atoms. The molecule has 16 rings (SSSR count). The lowest BCUT2D eigenvalue weighted by Gasteiger charge is -2.27. The number of hydrogen-bond acceptors (Lipinski definition) is 23. The monoisotopic (exact) mass is 2230 g/mol. The summed E-state index contributed by atoms with van der Waals surface area (Å²) in [6.07, 6.45) is 37.7. The van der Waals surface area contributed by atoms with Crippen LogP contribution in [0.15, 0.2) is 74.9 Å². The third-order valence-corrected chi connectivity index (χ3v) is 25.8. The summed E-state index contributed by atoms with van der Waals surface area (Å²) < 4.78 is 52.5. The molecule has 38 nitrogen and oxygen atoms in total. The van der Waals surface area contributed by atoms with E-state index in [-0.39, 0.29) is 170 Å². The van der Waals surface area contributed by atoms with Gasteiger partial charge >= 0.3 is 12.2 Å². The van der Waals surface area contributed by atoms with E-state index in [2.05, 4.69) is 130 Å². The van der Waals surface area contributed by atoms with Gasteiger partial charge in [0, 0.05) is 108 Å². The minimum absolute atomic E-state index is 0. The van der Waals surface area contributed by atoms with Crippen molar-refractivity contribution in [3.05, 3.63) is 163 Å². The zero-order valence-corrected chi connectivity index (χ0v) is 91.5. The van der Waals surface area contributed by atoms with Gasteiger partial charge in [0.05, 0.1) is 91.0 Å². The second-order valence-electron chi connectivity index (χ2n) is 37.3. The number of terminal acetylenes is 4. The zero-order valence-electron chi connectivity index (χ0n) is 85.0. The fraction of sp³-hybridized carbons (Fsp3) is 0.455. The number of nitrogens with zero attached hydrogens (tertiary/aromatic N) is 19. The molecule has 2 aromatic carbocycles. The predicted octanol–water partition coefficient (Wildman–Crippen LogP) is 13.0. The number of aromatic nitrogens is 14. The quantitative estimate of drug-likeness (QED) is 0.0161. The molecule has 147 heavy (non-hydrogen) atoms. The third kappa shape index (κ3) is 28.7. The van der Waals surface area contributed by atoms with Crippen molar-refractivity contribution in [3.8, 4) is 67.3 Å². The topological polar surface area (TPSA) is 486 Å². The van der Waals surface area contributed by atoms with Gasteiger partial charge < -0.3 is 82.4 Å². The Morgan fingerprint density at radius 3 is 1.19 bits per heavy atom. The van der Waals surface area contributed by atoms with E-state index in [4.69, 9.17) is 69.7 Å². The molecule has 0 unspecified atom stereocenters. The number of hydrogen-bond donors (Lipinski definition) is 8. The van der Waals surface area contributed by atoms with Gasteiger partial charge in [-0.2, -0.15) is 57.7 Å². The average Bonchev–Trinajstić information content (AvgIpc) is 1.61. The Bertz CT molecular complexity index is 6710. The number of anilines is 3. The highest BCUT2D eigenvalue weighted by Gasteiger charge is 2.43. The molecule has 5 saturated heterocycles. The molecule has 7 fully saturated rings. The first kappa shape index (κ1) is 122. The number of imidazole rings is 2. The van der Waals surface area contributed by atoms with Gasteiger partial charge in [0.2, 0.25) is 17.1 Å². The van der Waals surface area contributed by atoms with Crippen LogP contribution < -0.4 is 44.2 Å². The molecule has 46 heteroatoms. The van der Waals surface area contributed by atoms with Gasteiger partial charge in [-0.1, -0.05) is 39.5 Å². The Balaban J connectivity index is 0.000000270. The van der Waals surface area contributed by atoms with Crippen molar-refractivity contribution in [1.82, 2.24) is 92.9 Å². The van der Waals surface area contributed by atoms with Crippen molar-refractivity contribution >= 4 is 178 Å². The van der Waals surface area contributed by atoms with E-state index < -0.39 is 45.9 Å². The van der Waals surface area contributed by atoms with E-state index in [1.54, 1.807) is 84.0 Å². The molecule has 2 saturated carbocycles. The number of nitriles is 1. The predicted molar refractivity (Wildman–Crippen MR) is 583 cm³/mol. The molecule has 10 atom stereocenters. The molecule has 9 aromatic rings. The van der Waals surface area contributed by atoms with Gasteiger partial charge in [-0.25, -0.2) is 42.4 Å². The number of amides is 8. The zero-order chi connectivity index (χ0) is 106. The van der Waals surface area contributed by atoms with Gasteiger partial charge in [0.25, 0.3) is 23.6 Å². The van der Waals surface area contributed by atoms with E-state index in [1.165, 1.54) is 31.1 Å². The summed E-state index contributed by atoms with van der Waals surface area (Å²) in [6, 6.07) is 9.86. The minimum atomic E-state index is -0.700. The maximum atomic E-state index is 14.9. The number of nitrogens with two attached hydrogens (primary N) is 4. The van der Waals surface area contributed by atoms with Crippen molar-refractivity contribution in [1.29, 1.82) is 5.26 Å². The summed E-state index contributed by atoms with van der Waals surface area (Å²) in [5.74, 6) is 13.5. The standard InChI is InChI=1S/C25H26FN7O2.C18H26N4O3.C18H24N4O2.C15H19N5O2.C12H17N5O.C10H8FIN2.C3H3ClO.2ClH.2H2S/c1-4-22(34)31-12-17(9-14(31)2)33-25(28-3)23(24(27)35)19(30-33)8-5-15-10-20-21(11-18(15)26)32(13-29-20)16-6-7-16;1-7-13-15(16(19)23)14(8-2)22(20-13)12-9-11(3)21(10-12)17(24)25-18(4,5)6;1-7-15-14(10-19)16(8-2)22(20-15)13-9-12(3)21(11-13)17(23)24-18(4,5)6;1-5-11-13(14(16)22)15(17-4)20(18-11)10-7-9(3)19(8-10)12(21)6-2;1-4-9-10(11(13)18)12(14-3)17(16-9)8-5-7(2)15-6-8;11-7-3-10-9(4-8(7)12)13-5-14(10)6-1-2-6;1-2-3(4)5;;;;/h4,10-11,13-14,16-17,28H,1,6-7,9,12H2,2-3H3,(H2,27,35);1,11-12H,8-10H2,2-6H3,(H2,19,23);1,12-13H,8-9,11H2,2-6H3;1,6,9-10,17H,2,7-8H2,3-4H3,(H2,16,22);1,7-8,14-15H,5-6H2,2-3H3,(H2,13,18);3-6H,1-2H2;2H,1H2;2*1H;2*1H2/t14-,17-;11-,12-;12-,13-;9-,10-;7-,8-;;;;;;/m00000....../s1. The first-order valence-electron chi connectivity index (χ1n) is 46.7. The van der Waals surface area contributed by atoms with Gasteiger partial charge in [0.1, 0.15) is 85.7 Å². The van der Waals surface area contributed by atoms with E-state index in [9.17, 15) is 57.2 Å². The number of primary amides is 4. The molecule has 788 valence electrons. The van der Waals surface area contributed by atoms with Crippen LogP contribution in [0.4, 0.5) is 35.8 Å². The first-order valence-corrected chi connectivity index (χ1v) is 48.1. The molecule has 5 aliphatic heterocycles. The van der Waals surface area contributed by atoms with Crippen molar-refractivity contribution < 1.29 is 61.4 Å². The van der Waals surface area contributed by atoms with E-state index in [1.807, 2.05) is 121 Å². The number of allylic oxidation sites excluding steroid dienone is 1. The molecule has 2 aliphatic carbocycles. The number of nitrogens with one attached hydrogen (secondary N) is 4. The van der Waals surface area contributed by atoms with Gasteiger partial charge in [-0.3, -0.25) is 42.9 Å². The van der Waals surface area contributed by atoms with E-state index in [0.29, 0.717) is 137 Å². The van der Waals surface area contributed by atoms with Gasteiger partial charge in [-0.05, 0) is 241 Å². The van der Waals surface area contributed by atoms with Crippen LogP contribution >= 0.6 is 86.0 Å². The van der Waals surface area contributed by atoms with Gasteiger partial charge in [0.15, 0.2) is 11.4 Å². The summed E-state index contributed by atoms with van der Waals surface area (Å²) in [5, 5.41) is 43.1. The minimum Gasteiger partial charge on any atom is -0.444 e. The van der Waals surface area contributed by atoms with Crippen LogP contribution in [-0.4, -0.2) is 236 Å². The second kappa shape index (κ2) is 52.7. The van der Waals surface area contributed by atoms with Crippen molar-refractivity contribution in [2.24, 2.45) is 22.9 Å². The van der Waals surface area contributed by atoms with Crippen molar-refractivity contribution in [3.63, 3.8) is 0 Å². The Kier molecular flexibility index (Phi) is 43.8. The maximum Gasteiger partial charge on any atom is 0.410 e. The number of carbonyl (C=O) groups is 9. The molecule has 12 heterocycles. The molecular weight excluding hydrogens is 2100 g/mol. The van der Waals surface area contributed by atoms with Crippen LogP contribution in [0.5, 0.6) is 0 Å². The Morgan fingerprint density at radius 1 is 0.503 bits per heavy atom. The molecule has 0 spiro atoms. The number of ether oxygens (including phenoxy) is 2. The summed E-state index contributed by atoms with van der Waals surface area (Å²) in [4.78, 5) is 121. The van der Waals surface area contributed by atoms with Crippen molar-refractivity contribution in [2.75, 3.05) is 69.8 Å². The Morgan fingerprint density at radius 2 is 0.844 bits per heavy atom. The summed E-state index contributed by atoms with van der Waals surface area (Å²) >= 11 is 6.70. The number of fused-ring (bicyclic) bond motifs is 2. The number of benzene rings is 2. The molecule has 7 aromatic heterocycles. The lowest BCUT2D eigenvalue weighted by molar-refractivity contribution is -0.127. The van der Waals surface area contributed by atoms with Crippen LogP contribution in [0.25, 0.3) is 22.1 Å². The van der Waals surface area contributed by atoms with Crippen LogP contribution in [-0.2, 0) is 36.7 Å². The van der Waals surface area contributed by atoms with Crippen LogP contribution in [0.2, 0.25) is 0 Å². The molecule has 12 N–H and O–H groups in total. The molecular formula is C101H129Cl3F2IN27O11S2. The fourth-order valence-corrected chi connectivity index (χ4v) is 18.5. The Hall–Kier alpha value is -13.5. The average molecular weight is 2230 g/mol. The maximum absolute atomic E-state index is 14.9. The number of likely N-dealkylation sites (tertiary alicyclic amines) is 4. The SMILES string of the molecule is C#Cc1nn([C@@H]2CN[C@@H](C)C2)c(NC)c1C(N)=O.C#Cc1nn([C@H]2C[C@H](C)N(C(=O)C=C)C2)c(NC)c1C(N)=O.C#Cc1nn([C@H]2C[C@H](C)N(C(=O)OC(C)(C)C)C2)c(CC)c1C#N.C#Cc1nn([C@H]2C[C@H](C)N(C(=O)OC(C)(C)C)C2)c(CC)c1C(N)=O.C=CC(=O)Cl.C=CC(=O)N1C[C@@H](n2nc(C#Cc3cc4ncn(C5CC5)c4cc3F)c(C(N)=O)c2NC)C[C@@H]1C.Cl.Cl.Fc1cc2c(cc1I)ncn2C1CC1.S.S. The summed E-state index contributed by atoms with van der Waals surface area (Å²) in [7, 11) is 5.06. The largest absolute Gasteiger partial charge is 0.444 e. The van der Waals surface area contributed by atoms with E-state index >= 15 is 0 Å². The smallest absolute Gasteiger partial charge is 0.410 e. The van der Waals surface area contributed by atoms with E-state index in [0.717, 1.165) is 60.5 Å². The molecule has 0 radical (unpaired) electrons.